The van der Waals surface area contributed by atoms with Crippen molar-refractivity contribution in [2.45, 2.75) is 38.5 Å². The highest BCUT2D eigenvalue weighted by Gasteiger charge is 2.21. The van der Waals surface area contributed by atoms with Gasteiger partial charge >= 0.3 is 0 Å². The number of anilines is 5. The van der Waals surface area contributed by atoms with E-state index in [9.17, 15) is 9.90 Å². The topological polar surface area (TPSA) is 107 Å². The quantitative estimate of drug-likeness (QED) is 0.356. The smallest absolute Gasteiger partial charge is 0.259 e. The molecule has 0 bridgehead atoms. The number of nitrogens with zero attached hydrogens (tertiary/aromatic N) is 5. The van der Waals surface area contributed by atoms with Crippen LogP contribution in [0.5, 0.6) is 5.75 Å². The number of piperidine rings is 2. The van der Waals surface area contributed by atoms with Crippen molar-refractivity contribution in [1.29, 1.82) is 0 Å². The van der Waals surface area contributed by atoms with Gasteiger partial charge in [-0.15, -0.1) is 0 Å². The minimum Gasteiger partial charge on any atom is -0.507 e. The Hall–Kier alpha value is -3.30. The molecule has 2 saturated heterocycles. The molecule has 0 radical (unpaired) electrons. The molecule has 3 N–H and O–H groups in total. The number of amides is 1. The summed E-state index contributed by atoms with van der Waals surface area (Å²) in [6, 6.07) is 9.48. The van der Waals surface area contributed by atoms with Gasteiger partial charge in [-0.25, -0.2) is 0 Å². The van der Waals surface area contributed by atoms with E-state index in [2.05, 4.69) is 20.4 Å². The fourth-order valence-corrected chi connectivity index (χ4v) is 4.98. The highest BCUT2D eigenvalue weighted by atomic mass is 35.5. The first-order chi connectivity index (χ1) is 18.0. The van der Waals surface area contributed by atoms with Crippen LogP contribution in [-0.2, 0) is 0 Å². The van der Waals surface area contributed by atoms with Gasteiger partial charge in [-0.2, -0.15) is 15.0 Å². The van der Waals surface area contributed by atoms with E-state index >= 15 is 0 Å². The SMILES string of the molecule is O=C(Nc1ccc(Nc2nc(N3CCCCC3)nc(N3CCCCC3)n2)cc1Cl)c1ccc(Cl)cc1O. The number of benzene rings is 2. The minimum absolute atomic E-state index is 0.100. The number of nitrogens with one attached hydrogen (secondary N) is 2. The summed E-state index contributed by atoms with van der Waals surface area (Å²) in [4.78, 5) is 31.3. The second kappa shape index (κ2) is 11.4. The molecule has 5 rings (SSSR count). The lowest BCUT2D eigenvalue weighted by Gasteiger charge is -2.30. The van der Waals surface area contributed by atoms with Crippen LogP contribution < -0.4 is 20.4 Å². The van der Waals surface area contributed by atoms with E-state index in [1.165, 1.54) is 31.0 Å². The molecule has 2 aliphatic heterocycles. The van der Waals surface area contributed by atoms with Crippen LogP contribution in [0, 0.1) is 0 Å². The monoisotopic (exact) mass is 541 g/mol. The summed E-state index contributed by atoms with van der Waals surface area (Å²) in [6.07, 6.45) is 6.97. The highest BCUT2D eigenvalue weighted by Crippen LogP contribution is 2.30. The van der Waals surface area contributed by atoms with Crippen LogP contribution in [-0.4, -0.2) is 52.1 Å². The van der Waals surface area contributed by atoms with Crippen LogP contribution >= 0.6 is 23.2 Å². The Balaban J connectivity index is 1.36. The predicted molar refractivity (Wildman–Crippen MR) is 148 cm³/mol. The maximum absolute atomic E-state index is 12.6. The average Bonchev–Trinajstić information content (AvgIpc) is 2.91. The molecule has 2 aromatic carbocycles. The molecule has 0 unspecified atom stereocenters. The standard InChI is InChI=1S/C26H29Cl2N7O2/c27-17-7-9-19(22(36)15-17)23(37)30-21-10-8-18(16-20(21)28)29-24-31-25(34-11-3-1-4-12-34)33-26(32-24)35-13-5-2-6-14-35/h7-10,15-16,36H,1-6,11-14H2,(H,30,37)(H,29,31,32,33). The van der Waals surface area contributed by atoms with Crippen LogP contribution in [0.15, 0.2) is 36.4 Å². The normalized spacial score (nSPS) is 15.9. The van der Waals surface area contributed by atoms with Crippen molar-refractivity contribution in [2.24, 2.45) is 0 Å². The minimum atomic E-state index is -0.494. The summed E-state index contributed by atoms with van der Waals surface area (Å²) >= 11 is 12.3. The number of hydrogen-bond acceptors (Lipinski definition) is 8. The lowest BCUT2D eigenvalue weighted by molar-refractivity contribution is 0.102. The Morgan fingerprint density at radius 1 is 0.811 bits per heavy atom. The van der Waals surface area contributed by atoms with Gasteiger partial charge < -0.3 is 25.5 Å². The number of hydrogen-bond donors (Lipinski definition) is 3. The first-order valence-corrected chi connectivity index (χ1v) is 13.3. The number of phenolic OH excluding ortho intramolecular Hbond substituents is 1. The van der Waals surface area contributed by atoms with E-state index in [4.69, 9.17) is 38.2 Å². The second-order valence-electron chi connectivity index (χ2n) is 9.29. The van der Waals surface area contributed by atoms with Gasteiger partial charge in [0.1, 0.15) is 5.75 Å². The molecular formula is C26H29Cl2N7O2. The summed E-state index contributed by atoms with van der Waals surface area (Å²) < 4.78 is 0. The van der Waals surface area contributed by atoms with Crippen molar-refractivity contribution >= 4 is 58.3 Å². The lowest BCUT2D eigenvalue weighted by atomic mass is 10.1. The maximum atomic E-state index is 12.6. The van der Waals surface area contributed by atoms with Gasteiger partial charge in [0.05, 0.1) is 16.3 Å². The molecule has 0 spiro atoms. The Morgan fingerprint density at radius 3 is 2.00 bits per heavy atom. The Morgan fingerprint density at radius 2 is 1.43 bits per heavy atom. The van der Waals surface area contributed by atoms with Crippen molar-refractivity contribution in [3.05, 3.63) is 52.0 Å². The summed E-state index contributed by atoms with van der Waals surface area (Å²) in [5.41, 5.74) is 1.19. The number of rotatable bonds is 6. The molecule has 2 fully saturated rings. The number of carbonyl (C=O) groups is 1. The van der Waals surface area contributed by atoms with Gasteiger partial charge in [-0.1, -0.05) is 23.2 Å². The van der Waals surface area contributed by atoms with E-state index in [0.29, 0.717) is 39.3 Å². The molecule has 0 aliphatic carbocycles. The molecule has 37 heavy (non-hydrogen) atoms. The van der Waals surface area contributed by atoms with Crippen LogP contribution in [0.2, 0.25) is 10.0 Å². The number of halogens is 2. The third kappa shape index (κ3) is 6.17. The fourth-order valence-electron chi connectivity index (χ4n) is 4.59. The third-order valence-electron chi connectivity index (χ3n) is 6.57. The van der Waals surface area contributed by atoms with Crippen LogP contribution in [0.4, 0.5) is 29.2 Å². The van der Waals surface area contributed by atoms with Gasteiger partial charge in [0.15, 0.2) is 0 Å². The van der Waals surface area contributed by atoms with E-state index < -0.39 is 5.91 Å². The lowest BCUT2D eigenvalue weighted by Crippen LogP contribution is -2.34. The van der Waals surface area contributed by atoms with Gasteiger partial charge in [-0.05, 0) is 74.9 Å². The molecule has 11 heteroatoms. The van der Waals surface area contributed by atoms with Crippen molar-refractivity contribution in [3.63, 3.8) is 0 Å². The zero-order valence-electron chi connectivity index (χ0n) is 20.4. The van der Waals surface area contributed by atoms with Crippen molar-refractivity contribution in [3.8, 4) is 5.75 Å². The molecule has 1 aromatic heterocycles. The zero-order chi connectivity index (χ0) is 25.8. The van der Waals surface area contributed by atoms with Crippen LogP contribution in [0.1, 0.15) is 48.9 Å². The van der Waals surface area contributed by atoms with E-state index in [0.717, 1.165) is 51.9 Å². The van der Waals surface area contributed by atoms with Gasteiger partial charge in [-0.3, -0.25) is 4.79 Å². The Bertz CT molecular complexity index is 1240. The third-order valence-corrected chi connectivity index (χ3v) is 7.12. The molecule has 2 aliphatic rings. The molecule has 0 atom stereocenters. The van der Waals surface area contributed by atoms with Crippen molar-refractivity contribution in [1.82, 2.24) is 15.0 Å². The van der Waals surface area contributed by atoms with Gasteiger partial charge in [0.25, 0.3) is 5.91 Å². The summed E-state index contributed by atoms with van der Waals surface area (Å²) in [5, 5.41) is 16.7. The number of aromatic nitrogens is 3. The van der Waals surface area contributed by atoms with Crippen LogP contribution in [0.3, 0.4) is 0 Å². The molecule has 9 nitrogen and oxygen atoms in total. The first kappa shape index (κ1) is 25.4. The summed E-state index contributed by atoms with van der Waals surface area (Å²) in [6.45, 7) is 3.75. The van der Waals surface area contributed by atoms with Crippen LogP contribution in [0.25, 0.3) is 0 Å². The average molecular weight is 542 g/mol. The largest absolute Gasteiger partial charge is 0.507 e. The number of phenols is 1. The molecule has 3 aromatic rings. The summed E-state index contributed by atoms with van der Waals surface area (Å²) in [5.74, 6) is 1.14. The Labute approximate surface area is 225 Å². The van der Waals surface area contributed by atoms with Gasteiger partial charge in [0, 0.05) is 36.9 Å². The summed E-state index contributed by atoms with van der Waals surface area (Å²) in [7, 11) is 0. The van der Waals surface area contributed by atoms with E-state index in [1.54, 1.807) is 18.2 Å². The number of aromatic hydroxyl groups is 1. The molecule has 1 amide bonds. The number of carbonyl (C=O) groups excluding carboxylic acids is 1. The van der Waals surface area contributed by atoms with E-state index in [1.807, 2.05) is 0 Å². The molecule has 3 heterocycles. The maximum Gasteiger partial charge on any atom is 0.259 e. The second-order valence-corrected chi connectivity index (χ2v) is 10.1. The molecule has 194 valence electrons. The zero-order valence-corrected chi connectivity index (χ0v) is 21.9. The highest BCUT2D eigenvalue weighted by molar-refractivity contribution is 6.34. The predicted octanol–water partition coefficient (Wildman–Crippen LogP) is 5.86. The van der Waals surface area contributed by atoms with Crippen molar-refractivity contribution in [2.75, 3.05) is 46.6 Å². The van der Waals surface area contributed by atoms with E-state index in [-0.39, 0.29) is 11.3 Å². The molecular weight excluding hydrogens is 513 g/mol. The van der Waals surface area contributed by atoms with Crippen molar-refractivity contribution < 1.29 is 9.90 Å². The fraction of sp³-hybridized carbons (Fsp3) is 0.385. The first-order valence-electron chi connectivity index (χ1n) is 12.6. The van der Waals surface area contributed by atoms with Gasteiger partial charge in [0.2, 0.25) is 17.8 Å². The molecule has 0 saturated carbocycles. The Kier molecular flexibility index (Phi) is 7.81.